The van der Waals surface area contributed by atoms with Crippen LogP contribution in [0.3, 0.4) is 0 Å². The molecular weight excluding hydrogens is 372 g/mol. The second-order valence-corrected chi connectivity index (χ2v) is 8.66. The van der Waals surface area contributed by atoms with Gasteiger partial charge in [-0.1, -0.05) is 24.6 Å². The van der Waals surface area contributed by atoms with Gasteiger partial charge >= 0.3 is 0 Å². The van der Waals surface area contributed by atoms with Gasteiger partial charge < -0.3 is 14.6 Å². The van der Waals surface area contributed by atoms with Gasteiger partial charge in [-0.05, 0) is 85.0 Å². The first-order valence-corrected chi connectivity index (χ1v) is 10.6. The number of halogens is 1. The van der Waals surface area contributed by atoms with E-state index in [4.69, 9.17) is 21.1 Å². The Morgan fingerprint density at radius 3 is 2.61 bits per heavy atom. The summed E-state index contributed by atoms with van der Waals surface area (Å²) in [6.45, 7) is 2.62. The maximum Gasteiger partial charge on any atom is 0.128 e. The number of hydrogen-bond donors (Lipinski definition) is 1. The lowest BCUT2D eigenvalue weighted by Crippen LogP contribution is -2.36. The smallest absolute Gasteiger partial charge is 0.128 e. The predicted molar refractivity (Wildman–Crippen MR) is 111 cm³/mol. The molecule has 3 aliphatic rings. The van der Waals surface area contributed by atoms with Crippen LogP contribution in [-0.2, 0) is 11.2 Å². The van der Waals surface area contributed by atoms with Crippen LogP contribution in [0.1, 0.15) is 37.3 Å². The number of aliphatic hydroxyl groups excluding tert-OH is 1. The van der Waals surface area contributed by atoms with Crippen LogP contribution in [0.15, 0.2) is 48.2 Å². The number of aliphatic hydroxyl groups is 1. The lowest BCUT2D eigenvalue weighted by molar-refractivity contribution is -0.0159. The zero-order chi connectivity index (χ0) is 19.3. The van der Waals surface area contributed by atoms with Crippen molar-refractivity contribution in [2.45, 2.75) is 38.7 Å². The van der Waals surface area contributed by atoms with E-state index in [0.29, 0.717) is 29.2 Å². The lowest BCUT2D eigenvalue weighted by Gasteiger charge is -2.36. The first-order valence-electron chi connectivity index (χ1n) is 10.2. The molecule has 4 atom stereocenters. The van der Waals surface area contributed by atoms with Gasteiger partial charge in [-0.2, -0.15) is 0 Å². The molecule has 0 aromatic heterocycles. The average Bonchev–Trinajstić information content (AvgIpc) is 3.33. The minimum atomic E-state index is 0.174. The molecule has 4 heteroatoms. The molecule has 1 heterocycles. The van der Waals surface area contributed by atoms with E-state index < -0.39 is 0 Å². The SMILES string of the molecule is CCc1ccc(Oc2ccc(Cl)cc2)cc1C1=C(O)C2C3CCC(C3)C2OC1. The molecule has 28 heavy (non-hydrogen) atoms. The van der Waals surface area contributed by atoms with Crippen LogP contribution in [0.4, 0.5) is 0 Å². The van der Waals surface area contributed by atoms with Gasteiger partial charge in [0, 0.05) is 16.5 Å². The van der Waals surface area contributed by atoms with Crippen LogP contribution in [0.25, 0.3) is 5.57 Å². The van der Waals surface area contributed by atoms with E-state index >= 15 is 0 Å². The summed E-state index contributed by atoms with van der Waals surface area (Å²) in [6.07, 6.45) is 4.77. The highest BCUT2D eigenvalue weighted by molar-refractivity contribution is 6.30. The Morgan fingerprint density at radius 1 is 1.07 bits per heavy atom. The Morgan fingerprint density at radius 2 is 1.82 bits per heavy atom. The molecule has 2 fully saturated rings. The first kappa shape index (κ1) is 18.1. The van der Waals surface area contributed by atoms with E-state index in [1.807, 2.05) is 36.4 Å². The summed E-state index contributed by atoms with van der Waals surface area (Å²) in [7, 11) is 0. The molecule has 2 bridgehead atoms. The minimum absolute atomic E-state index is 0.174. The van der Waals surface area contributed by atoms with Crippen molar-refractivity contribution in [1.82, 2.24) is 0 Å². The quantitative estimate of drug-likeness (QED) is 0.649. The number of fused-ring (bicyclic) bond motifs is 5. The second kappa shape index (κ2) is 7.13. The molecule has 146 valence electrons. The van der Waals surface area contributed by atoms with Crippen LogP contribution in [0, 0.1) is 17.8 Å². The first-order chi connectivity index (χ1) is 13.6. The van der Waals surface area contributed by atoms with Crippen molar-refractivity contribution in [3.8, 4) is 11.5 Å². The summed E-state index contributed by atoms with van der Waals surface area (Å²) >= 11 is 5.96. The molecule has 4 unspecified atom stereocenters. The van der Waals surface area contributed by atoms with Crippen LogP contribution in [0.2, 0.25) is 5.02 Å². The van der Waals surface area contributed by atoms with Gasteiger partial charge in [0.15, 0.2) is 0 Å². The van der Waals surface area contributed by atoms with Crippen molar-refractivity contribution in [2.24, 2.45) is 17.8 Å². The number of ether oxygens (including phenoxy) is 2. The zero-order valence-electron chi connectivity index (χ0n) is 16.0. The molecule has 2 aromatic carbocycles. The van der Waals surface area contributed by atoms with Gasteiger partial charge in [0.05, 0.1) is 12.7 Å². The number of rotatable bonds is 4. The maximum absolute atomic E-state index is 11.2. The van der Waals surface area contributed by atoms with E-state index in [9.17, 15) is 5.11 Å². The van der Waals surface area contributed by atoms with Crippen molar-refractivity contribution in [3.63, 3.8) is 0 Å². The van der Waals surface area contributed by atoms with Gasteiger partial charge in [-0.3, -0.25) is 0 Å². The van der Waals surface area contributed by atoms with Crippen LogP contribution >= 0.6 is 11.6 Å². The van der Waals surface area contributed by atoms with Crippen LogP contribution in [-0.4, -0.2) is 17.8 Å². The molecule has 1 N–H and O–H groups in total. The summed E-state index contributed by atoms with van der Waals surface area (Å²) in [5, 5.41) is 11.9. The van der Waals surface area contributed by atoms with E-state index in [1.54, 1.807) is 0 Å². The van der Waals surface area contributed by atoms with Crippen molar-refractivity contribution < 1.29 is 14.6 Å². The molecule has 0 amide bonds. The maximum atomic E-state index is 11.2. The van der Waals surface area contributed by atoms with Crippen molar-refractivity contribution in [3.05, 3.63) is 64.4 Å². The molecule has 3 nitrogen and oxygen atoms in total. The monoisotopic (exact) mass is 396 g/mol. The molecule has 2 aliphatic carbocycles. The molecule has 0 saturated heterocycles. The summed E-state index contributed by atoms with van der Waals surface area (Å²) in [6, 6.07) is 13.5. The van der Waals surface area contributed by atoms with Gasteiger partial charge in [0.2, 0.25) is 0 Å². The molecular formula is C24H25ClO3. The Kier molecular flexibility index (Phi) is 4.60. The number of aryl methyl sites for hydroxylation is 1. The molecule has 5 rings (SSSR count). The predicted octanol–water partition coefficient (Wildman–Crippen LogP) is 6.41. The summed E-state index contributed by atoms with van der Waals surface area (Å²) in [5.41, 5.74) is 3.19. The summed E-state index contributed by atoms with van der Waals surface area (Å²) < 4.78 is 12.3. The number of benzene rings is 2. The van der Waals surface area contributed by atoms with Gasteiger partial charge in [0.25, 0.3) is 0 Å². The highest BCUT2D eigenvalue weighted by Gasteiger charge is 2.52. The standard InChI is InChI=1S/C24H25ClO3/c1-2-14-5-8-19(28-18-9-6-17(25)7-10-18)12-20(14)21-13-27-24-16-4-3-15(11-16)22(24)23(21)26/h5-10,12,15-16,22,24,26H,2-4,11,13H2,1H3. The van der Waals surface area contributed by atoms with E-state index in [0.717, 1.165) is 29.1 Å². The third-order valence-corrected chi connectivity index (χ3v) is 6.97. The van der Waals surface area contributed by atoms with Crippen LogP contribution < -0.4 is 4.74 Å². The van der Waals surface area contributed by atoms with E-state index in [1.165, 1.54) is 24.8 Å². The van der Waals surface area contributed by atoms with Gasteiger partial charge in [0.1, 0.15) is 17.3 Å². The Balaban J connectivity index is 1.50. The third-order valence-electron chi connectivity index (χ3n) is 6.72. The lowest BCUT2D eigenvalue weighted by atomic mass is 9.80. The zero-order valence-corrected chi connectivity index (χ0v) is 16.8. The molecule has 0 radical (unpaired) electrons. The van der Waals surface area contributed by atoms with Gasteiger partial charge in [-0.15, -0.1) is 0 Å². The fourth-order valence-electron chi connectivity index (χ4n) is 5.37. The summed E-state index contributed by atoms with van der Waals surface area (Å²) in [4.78, 5) is 0. The fraction of sp³-hybridized carbons (Fsp3) is 0.417. The Hall–Kier alpha value is -1.97. The topological polar surface area (TPSA) is 38.7 Å². The Labute approximate surface area is 170 Å². The average molecular weight is 397 g/mol. The third kappa shape index (κ3) is 3.01. The van der Waals surface area contributed by atoms with E-state index in [2.05, 4.69) is 13.0 Å². The normalized spacial score (nSPS) is 28.5. The highest BCUT2D eigenvalue weighted by Crippen LogP contribution is 2.55. The van der Waals surface area contributed by atoms with E-state index in [-0.39, 0.29) is 12.0 Å². The molecule has 2 aromatic rings. The second-order valence-electron chi connectivity index (χ2n) is 8.23. The van der Waals surface area contributed by atoms with Crippen molar-refractivity contribution in [2.75, 3.05) is 6.61 Å². The fourth-order valence-corrected chi connectivity index (χ4v) is 5.50. The largest absolute Gasteiger partial charge is 0.512 e. The molecule has 0 spiro atoms. The Bertz CT molecular complexity index is 918. The van der Waals surface area contributed by atoms with Crippen LogP contribution in [0.5, 0.6) is 11.5 Å². The summed E-state index contributed by atoms with van der Waals surface area (Å²) in [5.74, 6) is 3.43. The van der Waals surface area contributed by atoms with Crippen molar-refractivity contribution in [1.29, 1.82) is 0 Å². The van der Waals surface area contributed by atoms with Gasteiger partial charge in [-0.25, -0.2) is 0 Å². The molecule has 1 aliphatic heterocycles. The minimum Gasteiger partial charge on any atom is -0.512 e. The highest BCUT2D eigenvalue weighted by atomic mass is 35.5. The van der Waals surface area contributed by atoms with Crippen molar-refractivity contribution >= 4 is 17.2 Å². The molecule has 2 saturated carbocycles. The number of hydrogen-bond acceptors (Lipinski definition) is 3.